The first-order valence-electron chi connectivity index (χ1n) is 8.85. The molecule has 0 aliphatic rings. The molecule has 148 valence electrons. The summed E-state index contributed by atoms with van der Waals surface area (Å²) in [6.07, 6.45) is 3.14. The normalized spacial score (nSPS) is 10.4. The number of methoxy groups -OCH3 is 1. The van der Waals surface area contributed by atoms with Gasteiger partial charge in [0.2, 0.25) is 5.91 Å². The summed E-state index contributed by atoms with van der Waals surface area (Å²) in [6.45, 7) is 1.56. The highest BCUT2D eigenvalue weighted by atomic mass is 16.5. The summed E-state index contributed by atoms with van der Waals surface area (Å²) in [6, 6.07) is 11.7. The molecule has 0 bridgehead atoms. The third kappa shape index (κ3) is 4.37. The van der Waals surface area contributed by atoms with E-state index >= 15 is 0 Å². The molecule has 0 atom stereocenters. The minimum absolute atomic E-state index is 0.173. The summed E-state index contributed by atoms with van der Waals surface area (Å²) >= 11 is 0. The molecule has 3 rings (SSSR count). The summed E-state index contributed by atoms with van der Waals surface area (Å²) in [5.74, 6) is -1.08. The van der Waals surface area contributed by atoms with Gasteiger partial charge in [-0.25, -0.2) is 9.80 Å². The molecule has 0 unspecified atom stereocenters. The number of aromatic nitrogens is 2. The van der Waals surface area contributed by atoms with Gasteiger partial charge in [0, 0.05) is 31.9 Å². The van der Waals surface area contributed by atoms with Crippen molar-refractivity contribution in [3.63, 3.8) is 0 Å². The SMILES string of the molecule is COC(=O)c1ccc(CN(C(C)=O)N(C)C(=O)c2ccc3nccnc3c2)cc1. The fraction of sp³-hybridized carbons (Fsp3) is 0.190. The first-order valence-corrected chi connectivity index (χ1v) is 8.85. The number of carbonyl (C=O) groups excluding carboxylic acids is 3. The Morgan fingerprint density at radius 1 is 0.931 bits per heavy atom. The average Bonchev–Trinajstić information content (AvgIpc) is 2.75. The molecule has 0 saturated heterocycles. The van der Waals surface area contributed by atoms with Crippen LogP contribution in [-0.4, -0.2) is 51.9 Å². The van der Waals surface area contributed by atoms with Crippen molar-refractivity contribution in [1.82, 2.24) is 20.0 Å². The van der Waals surface area contributed by atoms with Crippen molar-refractivity contribution < 1.29 is 19.1 Å². The lowest BCUT2D eigenvalue weighted by molar-refractivity contribution is -0.141. The molecule has 8 heteroatoms. The van der Waals surface area contributed by atoms with E-state index in [0.717, 1.165) is 5.56 Å². The Bertz CT molecular complexity index is 1070. The Labute approximate surface area is 167 Å². The zero-order chi connectivity index (χ0) is 21.0. The third-order valence-electron chi connectivity index (χ3n) is 4.44. The van der Waals surface area contributed by atoms with Gasteiger partial charge in [-0.15, -0.1) is 0 Å². The zero-order valence-corrected chi connectivity index (χ0v) is 16.3. The Morgan fingerprint density at radius 2 is 1.55 bits per heavy atom. The maximum atomic E-state index is 12.9. The number of fused-ring (bicyclic) bond motifs is 1. The molecular formula is C21H20N4O4. The number of benzene rings is 2. The van der Waals surface area contributed by atoms with Gasteiger partial charge in [0.1, 0.15) is 0 Å². The molecule has 1 aromatic heterocycles. The lowest BCUT2D eigenvalue weighted by atomic mass is 10.1. The van der Waals surface area contributed by atoms with Crippen LogP contribution in [0.5, 0.6) is 0 Å². The molecule has 0 aliphatic heterocycles. The van der Waals surface area contributed by atoms with Gasteiger partial charge in [-0.1, -0.05) is 12.1 Å². The summed E-state index contributed by atoms with van der Waals surface area (Å²) in [5.41, 5.74) is 2.84. The van der Waals surface area contributed by atoms with E-state index in [1.807, 2.05) is 0 Å². The van der Waals surface area contributed by atoms with Crippen LogP contribution in [0.3, 0.4) is 0 Å². The largest absolute Gasteiger partial charge is 0.465 e. The Morgan fingerprint density at radius 3 is 2.17 bits per heavy atom. The highest BCUT2D eigenvalue weighted by Gasteiger charge is 2.22. The monoisotopic (exact) mass is 392 g/mol. The number of amides is 2. The molecule has 0 saturated carbocycles. The highest BCUT2D eigenvalue weighted by molar-refractivity contribution is 5.97. The number of hydrogen-bond donors (Lipinski definition) is 0. The lowest BCUT2D eigenvalue weighted by Gasteiger charge is -2.31. The van der Waals surface area contributed by atoms with E-state index in [-0.39, 0.29) is 18.4 Å². The van der Waals surface area contributed by atoms with Crippen molar-refractivity contribution in [2.45, 2.75) is 13.5 Å². The second kappa shape index (κ2) is 8.47. The Balaban J connectivity index is 1.81. The number of carbonyl (C=O) groups is 3. The minimum atomic E-state index is -0.438. The predicted octanol–water partition coefficient (Wildman–Crippen LogP) is 2.45. The summed E-state index contributed by atoms with van der Waals surface area (Å²) in [7, 11) is 2.85. The van der Waals surface area contributed by atoms with Gasteiger partial charge >= 0.3 is 5.97 Å². The molecule has 0 aliphatic carbocycles. The van der Waals surface area contributed by atoms with Crippen molar-refractivity contribution in [1.29, 1.82) is 0 Å². The van der Waals surface area contributed by atoms with Crippen LogP contribution in [0.25, 0.3) is 11.0 Å². The van der Waals surface area contributed by atoms with Gasteiger partial charge in [0.15, 0.2) is 0 Å². The lowest BCUT2D eigenvalue weighted by Crippen LogP contribution is -2.46. The van der Waals surface area contributed by atoms with Crippen molar-refractivity contribution >= 4 is 28.8 Å². The zero-order valence-electron chi connectivity index (χ0n) is 16.3. The van der Waals surface area contributed by atoms with Gasteiger partial charge in [-0.3, -0.25) is 24.6 Å². The van der Waals surface area contributed by atoms with Crippen LogP contribution in [0, 0.1) is 0 Å². The number of esters is 1. The quantitative estimate of drug-likeness (QED) is 0.500. The van der Waals surface area contributed by atoms with Crippen LogP contribution in [0.2, 0.25) is 0 Å². The number of nitrogens with zero attached hydrogens (tertiary/aromatic N) is 4. The van der Waals surface area contributed by atoms with Crippen LogP contribution in [0.1, 0.15) is 33.2 Å². The van der Waals surface area contributed by atoms with E-state index in [9.17, 15) is 14.4 Å². The highest BCUT2D eigenvalue weighted by Crippen LogP contribution is 2.16. The number of hydrazine groups is 1. The van der Waals surface area contributed by atoms with E-state index in [4.69, 9.17) is 0 Å². The Hall–Kier alpha value is -3.81. The summed E-state index contributed by atoms with van der Waals surface area (Å²) in [5, 5.41) is 2.60. The maximum absolute atomic E-state index is 12.9. The fourth-order valence-electron chi connectivity index (χ4n) is 2.86. The van der Waals surface area contributed by atoms with E-state index in [2.05, 4.69) is 14.7 Å². The van der Waals surface area contributed by atoms with E-state index in [1.165, 1.54) is 31.1 Å². The first kappa shape index (κ1) is 19.9. The average molecular weight is 392 g/mol. The predicted molar refractivity (Wildman–Crippen MR) is 106 cm³/mol. The van der Waals surface area contributed by atoms with Crippen molar-refractivity contribution in [2.75, 3.05) is 14.2 Å². The molecule has 3 aromatic rings. The van der Waals surface area contributed by atoms with Crippen LogP contribution in [0.4, 0.5) is 0 Å². The van der Waals surface area contributed by atoms with Crippen LogP contribution >= 0.6 is 0 Å². The molecule has 2 aromatic carbocycles. The number of rotatable bonds is 4. The van der Waals surface area contributed by atoms with Gasteiger partial charge in [-0.2, -0.15) is 0 Å². The van der Waals surface area contributed by atoms with Crippen molar-refractivity contribution in [3.8, 4) is 0 Å². The topological polar surface area (TPSA) is 92.7 Å². The molecule has 2 amide bonds. The van der Waals surface area contributed by atoms with Gasteiger partial charge in [0.25, 0.3) is 5.91 Å². The van der Waals surface area contributed by atoms with E-state index in [1.54, 1.807) is 54.9 Å². The molecule has 0 N–H and O–H groups in total. The molecule has 29 heavy (non-hydrogen) atoms. The second-order valence-electron chi connectivity index (χ2n) is 6.35. The summed E-state index contributed by atoms with van der Waals surface area (Å²) < 4.78 is 4.68. The number of hydrogen-bond acceptors (Lipinski definition) is 6. The maximum Gasteiger partial charge on any atom is 0.337 e. The Kier molecular flexibility index (Phi) is 5.82. The molecule has 0 fully saturated rings. The molecular weight excluding hydrogens is 372 g/mol. The van der Waals surface area contributed by atoms with Crippen LogP contribution < -0.4 is 0 Å². The first-order chi connectivity index (χ1) is 13.9. The molecule has 0 radical (unpaired) electrons. The third-order valence-corrected chi connectivity index (χ3v) is 4.44. The van der Waals surface area contributed by atoms with Gasteiger partial charge < -0.3 is 4.74 Å². The number of ether oxygens (including phenoxy) is 1. The van der Waals surface area contributed by atoms with Crippen molar-refractivity contribution in [3.05, 3.63) is 71.5 Å². The standard InChI is InChI=1S/C21H20N4O4/c1-14(26)25(13-15-4-6-16(7-5-15)21(28)29-3)24(2)20(27)17-8-9-18-19(12-17)23-11-10-22-18/h4-12H,13H2,1-3H3. The van der Waals surface area contributed by atoms with E-state index < -0.39 is 5.97 Å². The molecule has 1 heterocycles. The summed E-state index contributed by atoms with van der Waals surface area (Å²) in [4.78, 5) is 45.1. The van der Waals surface area contributed by atoms with Gasteiger partial charge in [-0.05, 0) is 35.9 Å². The smallest absolute Gasteiger partial charge is 0.337 e. The van der Waals surface area contributed by atoms with Gasteiger partial charge in [0.05, 0.1) is 30.3 Å². The minimum Gasteiger partial charge on any atom is -0.465 e. The fourth-order valence-corrected chi connectivity index (χ4v) is 2.86. The van der Waals surface area contributed by atoms with Crippen LogP contribution in [-0.2, 0) is 16.1 Å². The molecule has 0 spiro atoms. The second-order valence-corrected chi connectivity index (χ2v) is 6.35. The molecule has 8 nitrogen and oxygen atoms in total. The van der Waals surface area contributed by atoms with Crippen LogP contribution in [0.15, 0.2) is 54.9 Å². The van der Waals surface area contributed by atoms with E-state index in [0.29, 0.717) is 22.2 Å². The van der Waals surface area contributed by atoms with Crippen molar-refractivity contribution in [2.24, 2.45) is 0 Å².